The Hall–Kier alpha value is -0.410. The molecule has 1 atom stereocenters. The zero-order valence-electron chi connectivity index (χ0n) is 10.8. The third-order valence-corrected chi connectivity index (χ3v) is 5.09. The lowest BCUT2D eigenvalue weighted by Gasteiger charge is -2.29. The summed E-state index contributed by atoms with van der Waals surface area (Å²) in [5.74, 6) is 0.941. The Labute approximate surface area is 108 Å². The number of nitrogens with zero attached hydrogens (tertiary/aromatic N) is 1. The largest absolute Gasteiger partial charge is 0.313 e. The second-order valence-electron chi connectivity index (χ2n) is 6.11. The minimum Gasteiger partial charge on any atom is -0.313 e. The highest BCUT2D eigenvalue weighted by Crippen LogP contribution is 2.47. The van der Waals surface area contributed by atoms with E-state index in [1.54, 1.807) is 0 Å². The monoisotopic (exact) mass is 250 g/mol. The summed E-state index contributed by atoms with van der Waals surface area (Å²) in [4.78, 5) is 5.85. The van der Waals surface area contributed by atoms with Crippen molar-refractivity contribution in [2.24, 2.45) is 11.3 Å². The molecule has 2 nitrogen and oxygen atoms in total. The number of aryl methyl sites for hydroxylation is 1. The first-order chi connectivity index (χ1) is 8.16. The van der Waals surface area contributed by atoms with Crippen LogP contribution >= 0.6 is 11.3 Å². The van der Waals surface area contributed by atoms with E-state index in [0.29, 0.717) is 5.41 Å². The van der Waals surface area contributed by atoms with Gasteiger partial charge >= 0.3 is 0 Å². The van der Waals surface area contributed by atoms with Crippen molar-refractivity contribution in [3.63, 3.8) is 0 Å². The summed E-state index contributed by atoms with van der Waals surface area (Å²) in [6.07, 6.45) is 8.93. The predicted octanol–water partition coefficient (Wildman–Crippen LogP) is 3.16. The number of nitrogens with one attached hydrogen (secondary N) is 1. The summed E-state index contributed by atoms with van der Waals surface area (Å²) in [6, 6.07) is 0.830. The van der Waals surface area contributed by atoms with E-state index in [2.05, 4.69) is 30.3 Å². The third kappa shape index (κ3) is 2.89. The highest BCUT2D eigenvalue weighted by Gasteiger charge is 2.42. The van der Waals surface area contributed by atoms with Gasteiger partial charge in [0.15, 0.2) is 0 Å². The molecule has 0 spiro atoms. The van der Waals surface area contributed by atoms with Gasteiger partial charge in [-0.2, -0.15) is 0 Å². The SMILES string of the molecule is Cc1ncc(CC(C)(CNC2CC2)C2CC2)s1. The zero-order valence-corrected chi connectivity index (χ0v) is 11.6. The lowest BCUT2D eigenvalue weighted by atomic mass is 9.81. The Morgan fingerprint density at radius 1 is 1.41 bits per heavy atom. The molecule has 0 saturated heterocycles. The third-order valence-electron chi connectivity index (χ3n) is 4.18. The molecule has 0 aliphatic heterocycles. The normalized spacial score (nSPS) is 23.6. The highest BCUT2D eigenvalue weighted by atomic mass is 32.1. The number of hydrogen-bond donors (Lipinski definition) is 1. The van der Waals surface area contributed by atoms with E-state index in [0.717, 1.165) is 12.0 Å². The van der Waals surface area contributed by atoms with Crippen LogP contribution < -0.4 is 5.32 Å². The summed E-state index contributed by atoms with van der Waals surface area (Å²) in [5, 5.41) is 4.93. The molecule has 3 heteroatoms. The Kier molecular flexibility index (Phi) is 2.99. The van der Waals surface area contributed by atoms with E-state index in [1.807, 2.05) is 11.3 Å². The van der Waals surface area contributed by atoms with Crippen LogP contribution in [0.5, 0.6) is 0 Å². The fourth-order valence-electron chi connectivity index (χ4n) is 2.68. The lowest BCUT2D eigenvalue weighted by molar-refractivity contribution is 0.256. The molecule has 1 heterocycles. The fourth-order valence-corrected chi connectivity index (χ4v) is 3.67. The Morgan fingerprint density at radius 2 is 2.18 bits per heavy atom. The number of aromatic nitrogens is 1. The van der Waals surface area contributed by atoms with E-state index in [1.165, 1.54) is 48.5 Å². The molecule has 1 N–H and O–H groups in total. The number of rotatable bonds is 6. The molecule has 2 fully saturated rings. The van der Waals surface area contributed by atoms with Gasteiger partial charge in [0.2, 0.25) is 0 Å². The molecular formula is C14H22N2S. The zero-order chi connectivity index (χ0) is 11.9. The highest BCUT2D eigenvalue weighted by molar-refractivity contribution is 7.11. The lowest BCUT2D eigenvalue weighted by Crippen LogP contribution is -2.36. The Balaban J connectivity index is 1.65. The van der Waals surface area contributed by atoms with Crippen molar-refractivity contribution < 1.29 is 0 Å². The topological polar surface area (TPSA) is 24.9 Å². The molecule has 1 aromatic heterocycles. The van der Waals surface area contributed by atoms with Crippen LogP contribution in [0.15, 0.2) is 6.20 Å². The van der Waals surface area contributed by atoms with Gasteiger partial charge in [0, 0.05) is 23.7 Å². The molecule has 0 bridgehead atoms. The van der Waals surface area contributed by atoms with E-state index in [4.69, 9.17) is 0 Å². The van der Waals surface area contributed by atoms with Crippen molar-refractivity contribution in [2.45, 2.75) is 52.0 Å². The maximum Gasteiger partial charge on any atom is 0.0896 e. The minimum absolute atomic E-state index is 0.460. The first-order valence-corrected chi connectivity index (χ1v) is 7.62. The first kappa shape index (κ1) is 11.7. The average Bonchev–Trinajstić information content (AvgIpc) is 3.16. The van der Waals surface area contributed by atoms with Crippen LogP contribution in [-0.2, 0) is 6.42 Å². The standard InChI is InChI=1S/C14H22N2S/c1-10-15-8-13(17-10)7-14(2,11-3-4-11)9-16-12-5-6-12/h8,11-12,16H,3-7,9H2,1-2H3. The van der Waals surface area contributed by atoms with E-state index >= 15 is 0 Å². The molecule has 1 unspecified atom stereocenters. The molecule has 0 radical (unpaired) electrons. The molecule has 2 aliphatic carbocycles. The van der Waals surface area contributed by atoms with Gasteiger partial charge in [-0.05, 0) is 50.4 Å². The second kappa shape index (κ2) is 4.36. The molecule has 94 valence electrons. The predicted molar refractivity (Wildman–Crippen MR) is 72.4 cm³/mol. The fraction of sp³-hybridized carbons (Fsp3) is 0.786. The molecule has 17 heavy (non-hydrogen) atoms. The van der Waals surface area contributed by atoms with Crippen LogP contribution in [0, 0.1) is 18.3 Å². The smallest absolute Gasteiger partial charge is 0.0896 e. The Bertz CT molecular complexity index is 393. The van der Waals surface area contributed by atoms with Crippen molar-refractivity contribution in [1.29, 1.82) is 0 Å². The molecule has 1 aromatic rings. The Morgan fingerprint density at radius 3 is 2.71 bits per heavy atom. The van der Waals surface area contributed by atoms with Crippen LogP contribution in [0.2, 0.25) is 0 Å². The van der Waals surface area contributed by atoms with Gasteiger partial charge in [0.05, 0.1) is 5.01 Å². The maximum absolute atomic E-state index is 4.39. The van der Waals surface area contributed by atoms with Gasteiger partial charge < -0.3 is 5.32 Å². The molecular weight excluding hydrogens is 228 g/mol. The van der Waals surface area contributed by atoms with Crippen LogP contribution in [0.25, 0.3) is 0 Å². The van der Waals surface area contributed by atoms with Crippen LogP contribution in [0.3, 0.4) is 0 Å². The van der Waals surface area contributed by atoms with Gasteiger partial charge in [-0.3, -0.25) is 0 Å². The second-order valence-corrected chi connectivity index (χ2v) is 7.43. The summed E-state index contributed by atoms with van der Waals surface area (Å²) < 4.78 is 0. The van der Waals surface area contributed by atoms with Gasteiger partial charge in [0.25, 0.3) is 0 Å². The van der Waals surface area contributed by atoms with Crippen molar-refractivity contribution in [3.8, 4) is 0 Å². The first-order valence-electron chi connectivity index (χ1n) is 6.80. The summed E-state index contributed by atoms with van der Waals surface area (Å²) in [5.41, 5.74) is 0.460. The number of hydrogen-bond acceptors (Lipinski definition) is 3. The van der Waals surface area contributed by atoms with Crippen LogP contribution in [0.4, 0.5) is 0 Å². The molecule has 0 amide bonds. The molecule has 2 saturated carbocycles. The van der Waals surface area contributed by atoms with Crippen LogP contribution in [0.1, 0.15) is 42.5 Å². The summed E-state index contributed by atoms with van der Waals surface area (Å²) in [6.45, 7) is 5.76. The van der Waals surface area contributed by atoms with Crippen molar-refractivity contribution in [1.82, 2.24) is 10.3 Å². The molecule has 2 aliphatic rings. The average molecular weight is 250 g/mol. The van der Waals surface area contributed by atoms with Crippen molar-refractivity contribution in [3.05, 3.63) is 16.1 Å². The molecule has 0 aromatic carbocycles. The minimum atomic E-state index is 0.460. The van der Waals surface area contributed by atoms with E-state index < -0.39 is 0 Å². The number of thiazole rings is 1. The van der Waals surface area contributed by atoms with Gasteiger partial charge in [0.1, 0.15) is 0 Å². The molecule has 3 rings (SSSR count). The van der Waals surface area contributed by atoms with Crippen LogP contribution in [-0.4, -0.2) is 17.6 Å². The summed E-state index contributed by atoms with van der Waals surface area (Å²) in [7, 11) is 0. The van der Waals surface area contributed by atoms with E-state index in [-0.39, 0.29) is 0 Å². The van der Waals surface area contributed by atoms with Gasteiger partial charge in [-0.1, -0.05) is 6.92 Å². The quantitative estimate of drug-likeness (QED) is 0.839. The van der Waals surface area contributed by atoms with Crippen molar-refractivity contribution in [2.75, 3.05) is 6.54 Å². The maximum atomic E-state index is 4.39. The van der Waals surface area contributed by atoms with Crippen molar-refractivity contribution >= 4 is 11.3 Å². The van der Waals surface area contributed by atoms with Gasteiger partial charge in [-0.25, -0.2) is 4.98 Å². The van der Waals surface area contributed by atoms with E-state index in [9.17, 15) is 0 Å². The van der Waals surface area contributed by atoms with Gasteiger partial charge in [-0.15, -0.1) is 11.3 Å². The summed E-state index contributed by atoms with van der Waals surface area (Å²) >= 11 is 1.87.